The molecule has 0 unspecified atom stereocenters. The van der Waals surface area contributed by atoms with E-state index < -0.39 is 0 Å². The topological polar surface area (TPSA) is 26.3 Å². The quantitative estimate of drug-likeness (QED) is 0.583. The van der Waals surface area contributed by atoms with E-state index in [0.29, 0.717) is 13.0 Å². The molecule has 0 N–H and O–H groups in total. The molecule has 0 bridgehead atoms. The van der Waals surface area contributed by atoms with Gasteiger partial charge in [-0.25, -0.2) is 0 Å². The van der Waals surface area contributed by atoms with Crippen LogP contribution < -0.4 is 4.74 Å². The van der Waals surface area contributed by atoms with Gasteiger partial charge in [-0.3, -0.25) is 4.79 Å². The monoisotopic (exact) mass is 162 g/mol. The maximum atomic E-state index is 11.3. The van der Waals surface area contributed by atoms with Gasteiger partial charge in [-0.2, -0.15) is 0 Å². The van der Waals surface area contributed by atoms with Crippen LogP contribution >= 0.6 is 0 Å². The van der Waals surface area contributed by atoms with Gasteiger partial charge >= 0.3 is 0 Å². The summed E-state index contributed by atoms with van der Waals surface area (Å²) in [6.07, 6.45) is 0.510. The first-order valence-electron chi connectivity index (χ1n) is 4.04. The third-order valence-electron chi connectivity index (χ3n) is 2.02. The van der Waals surface area contributed by atoms with Crippen LogP contribution in [0.5, 0.6) is 5.75 Å². The molecule has 1 heterocycles. The van der Waals surface area contributed by atoms with Crippen molar-refractivity contribution in [1.29, 1.82) is 0 Å². The molecule has 0 aromatic heterocycles. The van der Waals surface area contributed by atoms with Gasteiger partial charge in [0, 0.05) is 6.42 Å². The lowest BCUT2D eigenvalue weighted by atomic mass is 10.0. The minimum atomic E-state index is 0.191. The standard InChI is InChI=1S/C10H10O2/c1-7-2-3-8-9(11)4-5-12-10(8)6-7/h2-3,6H,4-5H2,1H3. The van der Waals surface area contributed by atoms with E-state index in [-0.39, 0.29) is 5.78 Å². The van der Waals surface area contributed by atoms with E-state index in [1.54, 1.807) is 0 Å². The molecule has 12 heavy (non-hydrogen) atoms. The molecule has 0 atom stereocenters. The molecule has 0 aliphatic carbocycles. The molecule has 1 aromatic carbocycles. The molecule has 0 spiro atoms. The Bertz CT molecular complexity index is 329. The first-order chi connectivity index (χ1) is 5.77. The maximum Gasteiger partial charge on any atom is 0.169 e. The number of hydrogen-bond donors (Lipinski definition) is 0. The van der Waals surface area contributed by atoms with Crippen LogP contribution in [0.15, 0.2) is 18.2 Å². The third kappa shape index (κ3) is 1.09. The van der Waals surface area contributed by atoms with Gasteiger partial charge in [0.05, 0.1) is 12.2 Å². The lowest BCUT2D eigenvalue weighted by Crippen LogP contribution is -2.15. The Morgan fingerprint density at radius 3 is 3.08 bits per heavy atom. The summed E-state index contributed by atoms with van der Waals surface area (Å²) >= 11 is 0. The molecule has 2 nitrogen and oxygen atoms in total. The number of Topliss-reactive ketones (excluding diaryl/α,β-unsaturated/α-hetero) is 1. The average Bonchev–Trinajstić information content (AvgIpc) is 2.04. The van der Waals surface area contributed by atoms with Crippen molar-refractivity contribution in [2.75, 3.05) is 6.61 Å². The van der Waals surface area contributed by atoms with E-state index in [1.807, 2.05) is 25.1 Å². The molecule has 2 rings (SSSR count). The van der Waals surface area contributed by atoms with Crippen LogP contribution in [0.25, 0.3) is 0 Å². The number of hydrogen-bond acceptors (Lipinski definition) is 2. The molecule has 0 saturated heterocycles. The van der Waals surface area contributed by atoms with Gasteiger partial charge in [0.1, 0.15) is 5.75 Å². The number of carbonyl (C=O) groups excluding carboxylic acids is 1. The number of rotatable bonds is 0. The fraction of sp³-hybridized carbons (Fsp3) is 0.300. The highest BCUT2D eigenvalue weighted by Gasteiger charge is 2.17. The number of benzene rings is 1. The fourth-order valence-corrected chi connectivity index (χ4v) is 1.37. The van der Waals surface area contributed by atoms with Crippen molar-refractivity contribution < 1.29 is 9.53 Å². The molecule has 0 radical (unpaired) electrons. The van der Waals surface area contributed by atoms with E-state index in [4.69, 9.17) is 4.74 Å². The number of aryl methyl sites for hydroxylation is 1. The second-order valence-corrected chi connectivity index (χ2v) is 3.02. The van der Waals surface area contributed by atoms with Gasteiger partial charge in [-0.1, -0.05) is 6.07 Å². The summed E-state index contributed by atoms with van der Waals surface area (Å²) in [5, 5.41) is 0. The van der Waals surface area contributed by atoms with E-state index >= 15 is 0 Å². The number of carbonyl (C=O) groups is 1. The van der Waals surface area contributed by atoms with Crippen molar-refractivity contribution >= 4 is 5.78 Å². The Kier molecular flexibility index (Phi) is 1.61. The Labute approximate surface area is 71.2 Å². The summed E-state index contributed by atoms with van der Waals surface area (Å²) in [5.41, 5.74) is 1.86. The van der Waals surface area contributed by atoms with Crippen LogP contribution in [0.1, 0.15) is 22.3 Å². The number of fused-ring (bicyclic) bond motifs is 1. The average molecular weight is 162 g/mol. The van der Waals surface area contributed by atoms with E-state index in [9.17, 15) is 4.79 Å². The molecule has 2 heteroatoms. The second-order valence-electron chi connectivity index (χ2n) is 3.02. The Balaban J connectivity index is 2.53. The molecular formula is C10H10O2. The molecule has 0 saturated carbocycles. The van der Waals surface area contributed by atoms with Crippen molar-refractivity contribution in [3.63, 3.8) is 0 Å². The van der Waals surface area contributed by atoms with Crippen LogP contribution in [-0.2, 0) is 0 Å². The smallest absolute Gasteiger partial charge is 0.169 e. The van der Waals surface area contributed by atoms with Crippen LogP contribution in [0.4, 0.5) is 0 Å². The zero-order chi connectivity index (χ0) is 8.55. The van der Waals surface area contributed by atoms with Crippen molar-refractivity contribution in [3.8, 4) is 5.75 Å². The fourth-order valence-electron chi connectivity index (χ4n) is 1.37. The Morgan fingerprint density at radius 2 is 2.25 bits per heavy atom. The maximum absolute atomic E-state index is 11.3. The predicted octanol–water partition coefficient (Wildman–Crippen LogP) is 1.96. The summed E-state index contributed by atoms with van der Waals surface area (Å²) in [6.45, 7) is 2.51. The molecule has 0 amide bonds. The predicted molar refractivity (Wildman–Crippen MR) is 45.6 cm³/mol. The molecule has 1 aliphatic rings. The van der Waals surface area contributed by atoms with Gasteiger partial charge in [0.15, 0.2) is 5.78 Å². The zero-order valence-corrected chi connectivity index (χ0v) is 6.96. The van der Waals surface area contributed by atoms with Crippen LogP contribution in [-0.4, -0.2) is 12.4 Å². The Hall–Kier alpha value is -1.31. The van der Waals surface area contributed by atoms with E-state index in [0.717, 1.165) is 16.9 Å². The molecule has 0 fully saturated rings. The van der Waals surface area contributed by atoms with Crippen LogP contribution in [0.3, 0.4) is 0 Å². The highest BCUT2D eigenvalue weighted by atomic mass is 16.5. The van der Waals surface area contributed by atoms with E-state index in [1.165, 1.54) is 0 Å². The first-order valence-corrected chi connectivity index (χ1v) is 4.04. The SMILES string of the molecule is Cc1ccc2c(c1)OCCC2=O. The third-order valence-corrected chi connectivity index (χ3v) is 2.02. The highest BCUT2D eigenvalue weighted by Crippen LogP contribution is 2.25. The van der Waals surface area contributed by atoms with Crippen LogP contribution in [0, 0.1) is 6.92 Å². The van der Waals surface area contributed by atoms with Crippen molar-refractivity contribution in [2.24, 2.45) is 0 Å². The van der Waals surface area contributed by atoms with Gasteiger partial charge in [-0.15, -0.1) is 0 Å². The zero-order valence-electron chi connectivity index (χ0n) is 6.96. The normalized spacial score (nSPS) is 15.2. The molecule has 1 aromatic rings. The summed E-state index contributed by atoms with van der Waals surface area (Å²) < 4.78 is 5.35. The van der Waals surface area contributed by atoms with Crippen molar-refractivity contribution in [3.05, 3.63) is 29.3 Å². The number of ether oxygens (including phenoxy) is 1. The highest BCUT2D eigenvalue weighted by molar-refractivity contribution is 5.99. The summed E-state index contributed by atoms with van der Waals surface area (Å²) in [7, 11) is 0. The lowest BCUT2D eigenvalue weighted by molar-refractivity contribution is 0.0933. The van der Waals surface area contributed by atoms with Gasteiger partial charge in [0.25, 0.3) is 0 Å². The van der Waals surface area contributed by atoms with Gasteiger partial charge in [0.2, 0.25) is 0 Å². The first kappa shape index (κ1) is 7.35. The summed E-state index contributed by atoms with van der Waals surface area (Å²) in [6, 6.07) is 5.68. The van der Waals surface area contributed by atoms with E-state index in [2.05, 4.69) is 0 Å². The molecule has 1 aliphatic heterocycles. The minimum absolute atomic E-state index is 0.191. The largest absolute Gasteiger partial charge is 0.492 e. The summed E-state index contributed by atoms with van der Waals surface area (Å²) in [4.78, 5) is 11.3. The minimum Gasteiger partial charge on any atom is -0.492 e. The lowest BCUT2D eigenvalue weighted by Gasteiger charge is -2.15. The molecular weight excluding hydrogens is 152 g/mol. The summed E-state index contributed by atoms with van der Waals surface area (Å²) in [5.74, 6) is 0.933. The molecule has 62 valence electrons. The van der Waals surface area contributed by atoms with Crippen molar-refractivity contribution in [2.45, 2.75) is 13.3 Å². The number of ketones is 1. The van der Waals surface area contributed by atoms with Gasteiger partial charge < -0.3 is 4.74 Å². The van der Waals surface area contributed by atoms with Crippen LogP contribution in [0.2, 0.25) is 0 Å². The van der Waals surface area contributed by atoms with Crippen molar-refractivity contribution in [1.82, 2.24) is 0 Å². The Morgan fingerprint density at radius 1 is 1.42 bits per heavy atom. The second kappa shape index (κ2) is 2.63. The van der Waals surface area contributed by atoms with Gasteiger partial charge in [-0.05, 0) is 24.6 Å².